The van der Waals surface area contributed by atoms with Crippen molar-refractivity contribution in [3.05, 3.63) is 48.2 Å². The zero-order valence-electron chi connectivity index (χ0n) is 12.5. The van der Waals surface area contributed by atoms with E-state index in [-0.39, 0.29) is 30.1 Å². The molecule has 1 amide bonds. The Morgan fingerprint density at radius 1 is 1.39 bits per heavy atom. The molecule has 0 spiro atoms. The molecule has 0 bridgehead atoms. The molecule has 1 aromatic heterocycles. The van der Waals surface area contributed by atoms with Gasteiger partial charge in [-0.25, -0.2) is 9.37 Å². The second kappa shape index (κ2) is 6.70. The van der Waals surface area contributed by atoms with Crippen LogP contribution >= 0.6 is 0 Å². The Morgan fingerprint density at radius 2 is 2.22 bits per heavy atom. The molecule has 0 aliphatic carbocycles. The zero-order chi connectivity index (χ0) is 16.2. The first-order valence-electron chi connectivity index (χ1n) is 7.40. The van der Waals surface area contributed by atoms with E-state index in [0.29, 0.717) is 5.69 Å². The van der Waals surface area contributed by atoms with Gasteiger partial charge in [-0.3, -0.25) is 14.7 Å². The molecule has 6 nitrogen and oxygen atoms in total. The van der Waals surface area contributed by atoms with E-state index in [4.69, 9.17) is 10.5 Å². The Labute approximate surface area is 133 Å². The number of amides is 1. The lowest BCUT2D eigenvalue weighted by Gasteiger charge is -2.22. The average Bonchev–Trinajstić information content (AvgIpc) is 2.97. The third-order valence-electron chi connectivity index (χ3n) is 3.75. The summed E-state index contributed by atoms with van der Waals surface area (Å²) in [6, 6.07) is 6.09. The summed E-state index contributed by atoms with van der Waals surface area (Å²) < 4.78 is 19.1. The summed E-state index contributed by atoms with van der Waals surface area (Å²) in [6.07, 6.45) is 4.89. The zero-order valence-corrected chi connectivity index (χ0v) is 12.5. The van der Waals surface area contributed by atoms with E-state index in [9.17, 15) is 9.18 Å². The van der Waals surface area contributed by atoms with Crippen molar-refractivity contribution in [3.8, 4) is 11.6 Å². The van der Waals surface area contributed by atoms with Crippen molar-refractivity contribution in [1.29, 1.82) is 0 Å². The van der Waals surface area contributed by atoms with Crippen LogP contribution in [0.15, 0.2) is 36.7 Å². The first-order valence-corrected chi connectivity index (χ1v) is 7.40. The molecule has 3 rings (SSSR count). The summed E-state index contributed by atoms with van der Waals surface area (Å²) >= 11 is 0. The van der Waals surface area contributed by atoms with Gasteiger partial charge in [0.05, 0.1) is 30.7 Å². The molecule has 0 radical (unpaired) electrons. The van der Waals surface area contributed by atoms with E-state index in [1.54, 1.807) is 18.3 Å². The number of carbonyl (C=O) groups excluding carboxylic acids is 1. The Balaban J connectivity index is 1.80. The molecule has 7 heteroatoms. The maximum absolute atomic E-state index is 13.6. The van der Waals surface area contributed by atoms with Crippen LogP contribution in [0.25, 0.3) is 0 Å². The van der Waals surface area contributed by atoms with Crippen molar-refractivity contribution in [2.45, 2.75) is 18.9 Å². The van der Waals surface area contributed by atoms with Crippen LogP contribution < -0.4 is 10.5 Å². The van der Waals surface area contributed by atoms with Gasteiger partial charge in [-0.15, -0.1) is 0 Å². The number of hydrogen-bond donors (Lipinski definition) is 1. The van der Waals surface area contributed by atoms with E-state index >= 15 is 0 Å². The van der Waals surface area contributed by atoms with Crippen molar-refractivity contribution in [2.24, 2.45) is 5.73 Å². The highest BCUT2D eigenvalue weighted by atomic mass is 19.1. The number of halogens is 1. The molecule has 23 heavy (non-hydrogen) atoms. The fourth-order valence-electron chi connectivity index (χ4n) is 2.76. The monoisotopic (exact) mass is 316 g/mol. The minimum absolute atomic E-state index is 0.0285. The van der Waals surface area contributed by atoms with E-state index in [1.807, 2.05) is 4.90 Å². The largest absolute Gasteiger partial charge is 0.434 e. The van der Waals surface area contributed by atoms with Crippen LogP contribution in [0, 0.1) is 5.82 Å². The highest BCUT2D eigenvalue weighted by Crippen LogP contribution is 2.31. The molecular weight excluding hydrogens is 299 g/mol. The lowest BCUT2D eigenvalue weighted by molar-refractivity contribution is -0.119. The first kappa shape index (κ1) is 15.4. The SMILES string of the molecule is NC(=O)CN1CCCC1c1cncc(Oc2ccccc2F)n1. The number of hydrogen-bond acceptors (Lipinski definition) is 5. The number of primary amides is 1. The lowest BCUT2D eigenvalue weighted by atomic mass is 10.1. The molecule has 1 aliphatic rings. The summed E-state index contributed by atoms with van der Waals surface area (Å²) in [4.78, 5) is 21.6. The smallest absolute Gasteiger partial charge is 0.238 e. The quantitative estimate of drug-likeness (QED) is 0.913. The molecular formula is C16H17FN4O2. The number of ether oxygens (including phenoxy) is 1. The summed E-state index contributed by atoms with van der Waals surface area (Å²) in [6.45, 7) is 0.971. The predicted molar refractivity (Wildman–Crippen MR) is 81.2 cm³/mol. The Kier molecular flexibility index (Phi) is 4.47. The summed E-state index contributed by atoms with van der Waals surface area (Å²) in [5.74, 6) is -0.516. The molecule has 1 fully saturated rings. The standard InChI is InChI=1S/C16H17FN4O2/c17-11-4-1-2-6-14(11)23-16-9-19-8-12(20-16)13-5-3-7-21(13)10-15(18)22/h1-2,4,6,8-9,13H,3,5,7,10H2,(H2,18,22). The molecule has 1 atom stereocenters. The molecule has 1 saturated heterocycles. The molecule has 120 valence electrons. The predicted octanol–water partition coefficient (Wildman–Crippen LogP) is 2.03. The van der Waals surface area contributed by atoms with Crippen molar-refractivity contribution < 1.29 is 13.9 Å². The third kappa shape index (κ3) is 3.62. The molecule has 2 aromatic rings. The van der Waals surface area contributed by atoms with Crippen LogP contribution in [-0.4, -0.2) is 33.9 Å². The molecule has 1 aliphatic heterocycles. The molecule has 1 aromatic carbocycles. The topological polar surface area (TPSA) is 81.3 Å². The maximum atomic E-state index is 13.6. The van der Waals surface area contributed by atoms with Gasteiger partial charge in [0.2, 0.25) is 11.8 Å². The highest BCUT2D eigenvalue weighted by Gasteiger charge is 2.28. The molecule has 2 N–H and O–H groups in total. The number of aromatic nitrogens is 2. The number of nitrogens with zero attached hydrogens (tertiary/aromatic N) is 3. The summed E-state index contributed by atoms with van der Waals surface area (Å²) in [5, 5.41) is 0. The van der Waals surface area contributed by atoms with Crippen LogP contribution in [0.1, 0.15) is 24.6 Å². The number of rotatable bonds is 5. The number of benzene rings is 1. The van der Waals surface area contributed by atoms with Crippen LogP contribution in [0.5, 0.6) is 11.6 Å². The second-order valence-electron chi connectivity index (χ2n) is 5.41. The van der Waals surface area contributed by atoms with E-state index in [1.165, 1.54) is 18.3 Å². The van der Waals surface area contributed by atoms with E-state index in [0.717, 1.165) is 19.4 Å². The van der Waals surface area contributed by atoms with Gasteiger partial charge in [-0.1, -0.05) is 12.1 Å². The molecule has 0 saturated carbocycles. The Bertz CT molecular complexity index is 710. The second-order valence-corrected chi connectivity index (χ2v) is 5.41. The summed E-state index contributed by atoms with van der Waals surface area (Å²) in [7, 11) is 0. The molecule has 2 heterocycles. The third-order valence-corrected chi connectivity index (χ3v) is 3.75. The molecule has 1 unspecified atom stereocenters. The van der Waals surface area contributed by atoms with Gasteiger partial charge in [0.1, 0.15) is 0 Å². The van der Waals surface area contributed by atoms with Crippen LogP contribution in [0.4, 0.5) is 4.39 Å². The normalized spacial score (nSPS) is 18.0. The number of nitrogens with two attached hydrogens (primary N) is 1. The minimum Gasteiger partial charge on any atom is -0.434 e. The van der Waals surface area contributed by atoms with Crippen molar-refractivity contribution in [1.82, 2.24) is 14.9 Å². The van der Waals surface area contributed by atoms with Gasteiger partial charge in [-0.05, 0) is 31.5 Å². The fourth-order valence-corrected chi connectivity index (χ4v) is 2.76. The lowest BCUT2D eigenvalue weighted by Crippen LogP contribution is -2.33. The number of para-hydroxylation sites is 1. The summed E-state index contributed by atoms with van der Waals surface area (Å²) in [5.41, 5.74) is 5.97. The van der Waals surface area contributed by atoms with Gasteiger partial charge in [0.25, 0.3) is 0 Å². The van der Waals surface area contributed by atoms with Crippen molar-refractivity contribution >= 4 is 5.91 Å². The van der Waals surface area contributed by atoms with E-state index < -0.39 is 5.82 Å². The van der Waals surface area contributed by atoms with Crippen molar-refractivity contribution in [2.75, 3.05) is 13.1 Å². The van der Waals surface area contributed by atoms with Gasteiger partial charge < -0.3 is 10.5 Å². The van der Waals surface area contributed by atoms with Gasteiger partial charge >= 0.3 is 0 Å². The minimum atomic E-state index is -0.462. The Hall–Kier alpha value is -2.54. The highest BCUT2D eigenvalue weighted by molar-refractivity contribution is 5.76. The van der Waals surface area contributed by atoms with E-state index in [2.05, 4.69) is 9.97 Å². The maximum Gasteiger partial charge on any atom is 0.238 e. The Morgan fingerprint density at radius 3 is 3.00 bits per heavy atom. The van der Waals surface area contributed by atoms with Crippen molar-refractivity contribution in [3.63, 3.8) is 0 Å². The van der Waals surface area contributed by atoms with Gasteiger partial charge in [0.15, 0.2) is 11.6 Å². The van der Waals surface area contributed by atoms with Crippen LogP contribution in [0.2, 0.25) is 0 Å². The fraction of sp³-hybridized carbons (Fsp3) is 0.312. The van der Waals surface area contributed by atoms with Gasteiger partial charge in [0, 0.05) is 0 Å². The first-order chi connectivity index (χ1) is 11.1. The number of carbonyl (C=O) groups is 1. The van der Waals surface area contributed by atoms with Crippen LogP contribution in [0.3, 0.4) is 0 Å². The van der Waals surface area contributed by atoms with Gasteiger partial charge in [-0.2, -0.15) is 0 Å². The van der Waals surface area contributed by atoms with Crippen LogP contribution in [-0.2, 0) is 4.79 Å². The average molecular weight is 316 g/mol. The number of likely N-dealkylation sites (tertiary alicyclic amines) is 1.